The molecule has 8 heteroatoms. The second-order valence-electron chi connectivity index (χ2n) is 3.02. The second-order valence-corrected chi connectivity index (χ2v) is 3.02. The Labute approximate surface area is 93.4 Å². The Morgan fingerprint density at radius 1 is 1.53 bits per heavy atom. The predicted octanol–water partition coefficient (Wildman–Crippen LogP) is 0.353. The first-order chi connectivity index (χ1) is 8.06. The third kappa shape index (κ3) is 1.59. The molecule has 7 nitrogen and oxygen atoms in total. The number of aromatic carboxylic acids is 1. The van der Waals surface area contributed by atoms with Gasteiger partial charge in [0.05, 0.1) is 13.3 Å². The van der Waals surface area contributed by atoms with Crippen LogP contribution in [0.25, 0.3) is 5.65 Å². The van der Waals surface area contributed by atoms with E-state index in [1.165, 1.54) is 12.3 Å². The number of carboxylic acid groups (broad SMARTS) is 1. The van der Waals surface area contributed by atoms with Gasteiger partial charge in [0.25, 0.3) is 0 Å². The molecule has 0 aliphatic heterocycles. The van der Waals surface area contributed by atoms with Crippen molar-refractivity contribution in [1.29, 1.82) is 0 Å². The standard InChI is InChI=1S/C9H6FN3O4/c1-17-9(16)7-5(10)6(8(14)15)12-4-2-3-11-13(4)7/h2-3H,1H3,(H,14,15). The molecule has 0 amide bonds. The van der Waals surface area contributed by atoms with Crippen LogP contribution in [0.1, 0.15) is 21.0 Å². The number of aromatic nitrogens is 3. The number of halogens is 1. The summed E-state index contributed by atoms with van der Waals surface area (Å²) >= 11 is 0. The number of esters is 1. The van der Waals surface area contributed by atoms with Crippen LogP contribution in [-0.2, 0) is 4.74 Å². The third-order valence-corrected chi connectivity index (χ3v) is 2.06. The van der Waals surface area contributed by atoms with Gasteiger partial charge in [-0.05, 0) is 0 Å². The van der Waals surface area contributed by atoms with E-state index in [1.54, 1.807) is 0 Å². The molecule has 2 aromatic heterocycles. The molecule has 0 atom stereocenters. The van der Waals surface area contributed by atoms with E-state index in [4.69, 9.17) is 5.11 Å². The number of carbonyl (C=O) groups is 2. The van der Waals surface area contributed by atoms with E-state index in [2.05, 4.69) is 14.8 Å². The van der Waals surface area contributed by atoms with Gasteiger partial charge in [0.1, 0.15) is 0 Å². The molecule has 17 heavy (non-hydrogen) atoms. The molecule has 0 bridgehead atoms. The zero-order valence-corrected chi connectivity index (χ0v) is 8.55. The van der Waals surface area contributed by atoms with E-state index < -0.39 is 29.1 Å². The van der Waals surface area contributed by atoms with E-state index in [0.29, 0.717) is 0 Å². The molecule has 0 saturated carbocycles. The van der Waals surface area contributed by atoms with Gasteiger partial charge in [-0.3, -0.25) is 0 Å². The fraction of sp³-hybridized carbons (Fsp3) is 0.111. The first-order valence-corrected chi connectivity index (χ1v) is 4.41. The Morgan fingerprint density at radius 2 is 2.24 bits per heavy atom. The number of hydrogen-bond acceptors (Lipinski definition) is 5. The van der Waals surface area contributed by atoms with Crippen molar-refractivity contribution >= 4 is 17.6 Å². The minimum atomic E-state index is -1.57. The van der Waals surface area contributed by atoms with Crippen molar-refractivity contribution in [3.63, 3.8) is 0 Å². The molecular formula is C9H6FN3O4. The Balaban J connectivity index is 2.85. The fourth-order valence-corrected chi connectivity index (χ4v) is 1.34. The number of ether oxygens (including phenoxy) is 1. The van der Waals surface area contributed by atoms with E-state index in [0.717, 1.165) is 11.6 Å². The van der Waals surface area contributed by atoms with Crippen molar-refractivity contribution in [3.05, 3.63) is 29.5 Å². The Bertz CT molecular complexity index is 622. The van der Waals surface area contributed by atoms with Gasteiger partial charge in [-0.15, -0.1) is 0 Å². The largest absolute Gasteiger partial charge is 0.476 e. The zero-order valence-electron chi connectivity index (χ0n) is 8.55. The number of nitrogens with zero attached hydrogens (tertiary/aromatic N) is 3. The van der Waals surface area contributed by atoms with Gasteiger partial charge in [-0.25, -0.2) is 23.5 Å². The van der Waals surface area contributed by atoms with Crippen molar-refractivity contribution in [3.8, 4) is 0 Å². The summed E-state index contributed by atoms with van der Waals surface area (Å²) in [6.45, 7) is 0. The van der Waals surface area contributed by atoms with Crippen LogP contribution in [0, 0.1) is 5.82 Å². The summed E-state index contributed by atoms with van der Waals surface area (Å²) in [7, 11) is 1.05. The maximum atomic E-state index is 13.8. The van der Waals surface area contributed by atoms with E-state index in [1.807, 2.05) is 0 Å². The van der Waals surface area contributed by atoms with Crippen molar-refractivity contribution in [2.75, 3.05) is 7.11 Å². The summed E-state index contributed by atoms with van der Waals surface area (Å²) < 4.78 is 19.0. The van der Waals surface area contributed by atoms with Crippen LogP contribution in [0.15, 0.2) is 12.3 Å². The summed E-state index contributed by atoms with van der Waals surface area (Å²) in [6.07, 6.45) is 1.26. The first kappa shape index (κ1) is 11.0. The highest BCUT2D eigenvalue weighted by Crippen LogP contribution is 2.14. The van der Waals surface area contributed by atoms with Gasteiger partial charge < -0.3 is 9.84 Å². The number of fused-ring (bicyclic) bond motifs is 1. The molecule has 0 aliphatic carbocycles. The van der Waals surface area contributed by atoms with Crippen LogP contribution >= 0.6 is 0 Å². The molecule has 88 valence electrons. The summed E-state index contributed by atoms with van der Waals surface area (Å²) in [5.41, 5.74) is -1.40. The van der Waals surface area contributed by atoms with E-state index in [9.17, 15) is 14.0 Å². The van der Waals surface area contributed by atoms with E-state index in [-0.39, 0.29) is 5.65 Å². The number of methoxy groups -OCH3 is 1. The molecule has 2 heterocycles. The smallest absolute Gasteiger partial charge is 0.359 e. The molecule has 2 rings (SSSR count). The van der Waals surface area contributed by atoms with Gasteiger partial charge in [0.15, 0.2) is 22.9 Å². The molecule has 1 N–H and O–H groups in total. The normalized spacial score (nSPS) is 10.5. The average molecular weight is 239 g/mol. The highest BCUT2D eigenvalue weighted by molar-refractivity contribution is 5.93. The minimum absolute atomic E-state index is 0.0456. The van der Waals surface area contributed by atoms with Gasteiger partial charge in [0, 0.05) is 6.07 Å². The lowest BCUT2D eigenvalue weighted by atomic mass is 10.3. The molecule has 0 aliphatic rings. The first-order valence-electron chi connectivity index (χ1n) is 4.41. The summed E-state index contributed by atoms with van der Waals surface area (Å²) in [6, 6.07) is 1.35. The Kier molecular flexibility index (Phi) is 2.47. The number of carbonyl (C=O) groups excluding carboxylic acids is 1. The van der Waals surface area contributed by atoms with Gasteiger partial charge >= 0.3 is 11.9 Å². The maximum absolute atomic E-state index is 13.8. The Hall–Kier alpha value is -2.51. The SMILES string of the molecule is COC(=O)c1c(F)c(C(=O)O)nc2ccnn12. The van der Waals surface area contributed by atoms with Crippen LogP contribution in [0.5, 0.6) is 0 Å². The fourth-order valence-electron chi connectivity index (χ4n) is 1.34. The van der Waals surface area contributed by atoms with Crippen molar-refractivity contribution < 1.29 is 23.8 Å². The molecule has 0 radical (unpaired) electrons. The maximum Gasteiger partial charge on any atom is 0.359 e. The molecule has 0 unspecified atom stereocenters. The molecule has 0 saturated heterocycles. The molecule has 0 aromatic carbocycles. The lowest BCUT2D eigenvalue weighted by Gasteiger charge is -2.05. The Morgan fingerprint density at radius 3 is 2.82 bits per heavy atom. The molecule has 0 fully saturated rings. The molecule has 2 aromatic rings. The van der Waals surface area contributed by atoms with Gasteiger partial charge in [0.2, 0.25) is 0 Å². The van der Waals surface area contributed by atoms with Crippen LogP contribution in [0.2, 0.25) is 0 Å². The van der Waals surface area contributed by atoms with Gasteiger partial charge in [-0.1, -0.05) is 0 Å². The van der Waals surface area contributed by atoms with Crippen molar-refractivity contribution in [2.24, 2.45) is 0 Å². The van der Waals surface area contributed by atoms with E-state index >= 15 is 0 Å². The summed E-state index contributed by atoms with van der Waals surface area (Å²) in [5, 5.41) is 12.4. The summed E-state index contributed by atoms with van der Waals surface area (Å²) in [5.74, 6) is -3.88. The lowest BCUT2D eigenvalue weighted by Crippen LogP contribution is -2.18. The lowest BCUT2D eigenvalue weighted by molar-refractivity contribution is 0.0583. The monoisotopic (exact) mass is 239 g/mol. The topological polar surface area (TPSA) is 93.8 Å². The molecule has 0 spiro atoms. The zero-order chi connectivity index (χ0) is 12.6. The number of hydrogen-bond donors (Lipinski definition) is 1. The minimum Gasteiger partial charge on any atom is -0.476 e. The van der Waals surface area contributed by atoms with Crippen LogP contribution < -0.4 is 0 Å². The van der Waals surface area contributed by atoms with Crippen LogP contribution in [-0.4, -0.2) is 38.8 Å². The quantitative estimate of drug-likeness (QED) is 0.760. The van der Waals surface area contributed by atoms with Crippen LogP contribution in [0.4, 0.5) is 4.39 Å². The predicted molar refractivity (Wildman–Crippen MR) is 51.2 cm³/mol. The highest BCUT2D eigenvalue weighted by Gasteiger charge is 2.25. The van der Waals surface area contributed by atoms with Crippen LogP contribution in [0.3, 0.4) is 0 Å². The number of rotatable bonds is 2. The average Bonchev–Trinajstić information content (AvgIpc) is 2.74. The highest BCUT2D eigenvalue weighted by atomic mass is 19.1. The van der Waals surface area contributed by atoms with Crippen molar-refractivity contribution in [2.45, 2.75) is 0 Å². The summed E-state index contributed by atoms with van der Waals surface area (Å²) in [4.78, 5) is 25.7. The third-order valence-electron chi connectivity index (χ3n) is 2.06. The van der Waals surface area contributed by atoms with Crippen molar-refractivity contribution in [1.82, 2.24) is 14.6 Å². The number of carboxylic acids is 1. The van der Waals surface area contributed by atoms with Gasteiger partial charge in [-0.2, -0.15) is 5.10 Å². The second kappa shape index (κ2) is 3.81. The molecular weight excluding hydrogens is 233 g/mol.